The summed E-state index contributed by atoms with van der Waals surface area (Å²) in [6.45, 7) is 3.50. The van der Waals surface area contributed by atoms with E-state index in [4.69, 9.17) is 15.9 Å². The van der Waals surface area contributed by atoms with Crippen molar-refractivity contribution in [3.05, 3.63) is 11.8 Å². The van der Waals surface area contributed by atoms with Gasteiger partial charge in [-0.15, -0.1) is 0 Å². The van der Waals surface area contributed by atoms with E-state index in [0.29, 0.717) is 23.9 Å². The lowest BCUT2D eigenvalue weighted by molar-refractivity contribution is 0.114. The maximum absolute atomic E-state index is 8.03. The normalized spacial score (nSPS) is 20.0. The molecule has 0 bridgehead atoms. The first-order valence-corrected chi connectivity index (χ1v) is 6.28. The highest BCUT2D eigenvalue weighted by Crippen LogP contribution is 2.14. The van der Waals surface area contributed by atoms with E-state index >= 15 is 0 Å². The van der Waals surface area contributed by atoms with Crippen LogP contribution in [0, 0.1) is 12.3 Å². The van der Waals surface area contributed by atoms with Gasteiger partial charge in [-0.05, 0) is 13.3 Å². The highest BCUT2D eigenvalue weighted by molar-refractivity contribution is 6.01. The minimum Gasteiger partial charge on any atom is -0.387 e. The number of aryl methyl sites for hydroxylation is 1. The van der Waals surface area contributed by atoms with E-state index in [1.165, 1.54) is 0 Å². The minimum absolute atomic E-state index is 0.215. The average Bonchev–Trinajstić information content (AvgIpc) is 2.98. The van der Waals surface area contributed by atoms with Crippen molar-refractivity contribution in [3.63, 3.8) is 0 Å². The molecule has 1 aromatic rings. The average molecular weight is 264 g/mol. The van der Waals surface area contributed by atoms with Crippen LogP contribution in [0.25, 0.3) is 0 Å². The molecule has 0 aliphatic carbocycles. The van der Waals surface area contributed by atoms with E-state index < -0.39 is 0 Å². The fourth-order valence-corrected chi connectivity index (χ4v) is 2.10. The highest BCUT2D eigenvalue weighted by atomic mass is 16.5. The van der Waals surface area contributed by atoms with Gasteiger partial charge in [0.25, 0.3) is 0 Å². The van der Waals surface area contributed by atoms with Crippen molar-refractivity contribution >= 4 is 17.5 Å². The van der Waals surface area contributed by atoms with Gasteiger partial charge in [-0.25, -0.2) is 4.99 Å². The van der Waals surface area contributed by atoms with Crippen LogP contribution in [0.2, 0.25) is 0 Å². The number of hydrogen-bond donors (Lipinski definition) is 3. The second kappa shape index (κ2) is 5.83. The van der Waals surface area contributed by atoms with E-state index in [-0.39, 0.29) is 6.10 Å². The molecule has 0 saturated carbocycles. The third kappa shape index (κ3) is 3.54. The van der Waals surface area contributed by atoms with Gasteiger partial charge in [0.1, 0.15) is 11.7 Å². The Hall–Kier alpha value is -1.89. The summed E-state index contributed by atoms with van der Waals surface area (Å²) in [7, 11) is 1.70. The number of ether oxygens (including phenoxy) is 1. The molecular formula is C12H20N6O. The van der Waals surface area contributed by atoms with E-state index in [9.17, 15) is 0 Å². The van der Waals surface area contributed by atoms with Crippen LogP contribution in [0.4, 0.5) is 5.82 Å². The van der Waals surface area contributed by atoms with Crippen molar-refractivity contribution in [2.45, 2.75) is 25.9 Å². The molecule has 19 heavy (non-hydrogen) atoms. The summed E-state index contributed by atoms with van der Waals surface area (Å²) >= 11 is 0. The SMILES string of the molecule is COC1CCN(C(=N)CC(N)=Nc2cc(C)[nH]n2)C1. The molecule has 1 aromatic heterocycles. The van der Waals surface area contributed by atoms with Crippen LogP contribution in [0.1, 0.15) is 18.5 Å². The van der Waals surface area contributed by atoms with Crippen LogP contribution in [0.3, 0.4) is 0 Å². The zero-order chi connectivity index (χ0) is 13.8. The van der Waals surface area contributed by atoms with Gasteiger partial charge in [0, 0.05) is 32.0 Å². The van der Waals surface area contributed by atoms with Crippen molar-refractivity contribution in [2.24, 2.45) is 10.7 Å². The smallest absolute Gasteiger partial charge is 0.175 e. The second-order valence-corrected chi connectivity index (χ2v) is 4.73. The molecule has 0 aromatic carbocycles. The standard InChI is InChI=1S/C12H20N6O/c1-8-5-12(17-16-8)15-10(13)6-11(14)18-4-3-9(7-18)19-2/h5,9,14H,3-4,6-7H2,1-2H3,(H3,13,15,16,17). The molecular weight excluding hydrogens is 244 g/mol. The van der Waals surface area contributed by atoms with Gasteiger partial charge < -0.3 is 15.4 Å². The van der Waals surface area contributed by atoms with Gasteiger partial charge in [-0.2, -0.15) is 5.10 Å². The molecule has 1 unspecified atom stereocenters. The first-order chi connectivity index (χ1) is 9.08. The number of likely N-dealkylation sites (tertiary alicyclic amines) is 1. The van der Waals surface area contributed by atoms with Crippen LogP contribution in [0.5, 0.6) is 0 Å². The summed E-state index contributed by atoms with van der Waals surface area (Å²) in [6.07, 6.45) is 1.50. The Morgan fingerprint density at radius 2 is 2.53 bits per heavy atom. The van der Waals surface area contributed by atoms with Gasteiger partial charge in [-0.3, -0.25) is 10.5 Å². The number of rotatable bonds is 4. The maximum atomic E-state index is 8.03. The van der Waals surface area contributed by atoms with Gasteiger partial charge in [0.05, 0.1) is 12.5 Å². The van der Waals surface area contributed by atoms with Gasteiger partial charge in [0.2, 0.25) is 0 Å². The largest absolute Gasteiger partial charge is 0.387 e. The van der Waals surface area contributed by atoms with Gasteiger partial charge in [-0.1, -0.05) is 0 Å². The predicted molar refractivity (Wildman–Crippen MR) is 73.9 cm³/mol. The van der Waals surface area contributed by atoms with E-state index in [0.717, 1.165) is 25.2 Å². The monoisotopic (exact) mass is 264 g/mol. The molecule has 1 aliphatic heterocycles. The Bertz CT molecular complexity index is 480. The van der Waals surface area contributed by atoms with Gasteiger partial charge in [0.15, 0.2) is 5.82 Å². The topological polar surface area (TPSA) is 103 Å². The molecule has 7 heteroatoms. The van der Waals surface area contributed by atoms with Crippen LogP contribution >= 0.6 is 0 Å². The molecule has 0 spiro atoms. The molecule has 1 atom stereocenters. The fraction of sp³-hybridized carbons (Fsp3) is 0.583. The van der Waals surface area contributed by atoms with Crippen molar-refractivity contribution < 1.29 is 4.74 Å². The summed E-state index contributed by atoms with van der Waals surface area (Å²) in [5.74, 6) is 1.43. The lowest BCUT2D eigenvalue weighted by Gasteiger charge is -2.18. The molecule has 1 saturated heterocycles. The van der Waals surface area contributed by atoms with Crippen LogP contribution < -0.4 is 5.73 Å². The predicted octanol–water partition coefficient (Wildman–Crippen LogP) is 0.795. The fourth-order valence-electron chi connectivity index (χ4n) is 2.10. The van der Waals surface area contributed by atoms with Crippen molar-refractivity contribution in [3.8, 4) is 0 Å². The first kappa shape index (κ1) is 13.5. The third-order valence-electron chi connectivity index (χ3n) is 3.16. The molecule has 2 heterocycles. The van der Waals surface area contributed by atoms with E-state index in [1.807, 2.05) is 17.9 Å². The second-order valence-electron chi connectivity index (χ2n) is 4.73. The minimum atomic E-state index is 0.215. The zero-order valence-electron chi connectivity index (χ0n) is 11.3. The molecule has 104 valence electrons. The molecule has 4 N–H and O–H groups in total. The third-order valence-corrected chi connectivity index (χ3v) is 3.16. The van der Waals surface area contributed by atoms with Crippen molar-refractivity contribution in [1.29, 1.82) is 5.41 Å². The lowest BCUT2D eigenvalue weighted by atomic mass is 10.3. The zero-order valence-corrected chi connectivity index (χ0v) is 11.3. The summed E-state index contributed by atoms with van der Waals surface area (Å²) in [4.78, 5) is 6.16. The number of nitrogens with two attached hydrogens (primary N) is 1. The van der Waals surface area contributed by atoms with E-state index in [2.05, 4.69) is 15.2 Å². The van der Waals surface area contributed by atoms with Crippen molar-refractivity contribution in [2.75, 3.05) is 20.2 Å². The first-order valence-electron chi connectivity index (χ1n) is 6.28. The number of aromatic amines is 1. The Kier molecular flexibility index (Phi) is 4.16. The Morgan fingerprint density at radius 3 is 3.11 bits per heavy atom. The molecule has 7 nitrogen and oxygen atoms in total. The van der Waals surface area contributed by atoms with Crippen LogP contribution in [0.15, 0.2) is 11.1 Å². The highest BCUT2D eigenvalue weighted by Gasteiger charge is 2.24. The number of nitrogens with one attached hydrogen (secondary N) is 2. The van der Waals surface area contributed by atoms with E-state index in [1.54, 1.807) is 7.11 Å². The Morgan fingerprint density at radius 1 is 1.74 bits per heavy atom. The summed E-state index contributed by atoms with van der Waals surface area (Å²) in [5, 5.41) is 14.8. The number of hydrogen-bond acceptors (Lipinski definition) is 4. The molecule has 2 rings (SSSR count). The number of aromatic nitrogens is 2. The Balaban J connectivity index is 1.90. The number of methoxy groups -OCH3 is 1. The lowest BCUT2D eigenvalue weighted by Crippen LogP contribution is -2.32. The summed E-state index contributed by atoms with van der Waals surface area (Å²) in [5.41, 5.74) is 6.78. The van der Waals surface area contributed by atoms with Crippen LogP contribution in [-0.2, 0) is 4.74 Å². The molecule has 0 radical (unpaired) electrons. The molecule has 0 amide bonds. The number of amidine groups is 2. The quantitative estimate of drug-likeness (QED) is 0.552. The summed E-state index contributed by atoms with van der Waals surface area (Å²) in [6, 6.07) is 1.81. The van der Waals surface area contributed by atoms with Crippen molar-refractivity contribution in [1.82, 2.24) is 15.1 Å². The van der Waals surface area contributed by atoms with Gasteiger partial charge >= 0.3 is 0 Å². The molecule has 1 aliphatic rings. The number of H-pyrrole nitrogens is 1. The molecule has 1 fully saturated rings. The number of aliphatic imine (C=N–C) groups is 1. The number of nitrogens with zero attached hydrogens (tertiary/aromatic N) is 3. The Labute approximate surface area is 112 Å². The maximum Gasteiger partial charge on any atom is 0.175 e. The summed E-state index contributed by atoms with van der Waals surface area (Å²) < 4.78 is 5.28. The van der Waals surface area contributed by atoms with Crippen LogP contribution in [-0.4, -0.2) is 53.1 Å².